The molecule has 152 valence electrons. The van der Waals surface area contributed by atoms with E-state index < -0.39 is 33.9 Å². The van der Waals surface area contributed by atoms with Gasteiger partial charge in [-0.25, -0.2) is 22.3 Å². The maximum absolute atomic E-state index is 14.2. The van der Waals surface area contributed by atoms with Crippen LogP contribution in [0.1, 0.15) is 13.0 Å². The molecule has 0 aliphatic carbocycles. The first kappa shape index (κ1) is 20.3. The summed E-state index contributed by atoms with van der Waals surface area (Å²) in [5, 5.41) is 3.33. The molecule has 1 aromatic heterocycles. The third-order valence-electron chi connectivity index (χ3n) is 4.32. The van der Waals surface area contributed by atoms with Crippen LogP contribution in [-0.2, 0) is 19.6 Å². The molecule has 0 bridgehead atoms. The number of amides is 2. The lowest BCUT2D eigenvalue weighted by Gasteiger charge is -2.16. The summed E-state index contributed by atoms with van der Waals surface area (Å²) in [4.78, 5) is 23.5. The Kier molecular flexibility index (Phi) is 5.55. The van der Waals surface area contributed by atoms with Crippen molar-refractivity contribution >= 4 is 38.6 Å². The van der Waals surface area contributed by atoms with Gasteiger partial charge < -0.3 is 14.6 Å². The largest absolute Gasteiger partial charge is 0.452 e. The molecule has 0 unspecified atom stereocenters. The Morgan fingerprint density at radius 3 is 2.45 bits per heavy atom. The monoisotopic (exact) mass is 419 g/mol. The van der Waals surface area contributed by atoms with Crippen molar-refractivity contribution in [3.63, 3.8) is 0 Å². The molecule has 0 aliphatic rings. The van der Waals surface area contributed by atoms with E-state index in [1.165, 1.54) is 34.9 Å². The van der Waals surface area contributed by atoms with Crippen molar-refractivity contribution in [2.75, 3.05) is 12.4 Å². The zero-order chi connectivity index (χ0) is 21.2. The average molecular weight is 419 g/mol. The molecular weight excluding hydrogens is 401 g/mol. The van der Waals surface area contributed by atoms with Crippen LogP contribution >= 0.6 is 0 Å². The summed E-state index contributed by atoms with van der Waals surface area (Å²) in [6, 6.07) is 10.9. The standard InChI is InChI=1S/C19H18FN3O5S/c1-12(23-11-10-13-4-3-5-16(20)17(13)23)18(24)21-14-6-8-15(9-7-14)29(26,27)22-19(25)28-2/h3-12H,1-2H3,(H,21,24)(H,22,25)/t12-/m1/s1. The molecule has 1 heterocycles. The number of para-hydroxylation sites is 1. The minimum absolute atomic E-state index is 0.174. The van der Waals surface area contributed by atoms with Gasteiger partial charge in [-0.3, -0.25) is 4.79 Å². The molecule has 8 nitrogen and oxygen atoms in total. The maximum Gasteiger partial charge on any atom is 0.420 e. The van der Waals surface area contributed by atoms with Gasteiger partial charge in [-0.2, -0.15) is 0 Å². The maximum atomic E-state index is 14.2. The van der Waals surface area contributed by atoms with Gasteiger partial charge in [-0.1, -0.05) is 12.1 Å². The first-order chi connectivity index (χ1) is 13.7. The van der Waals surface area contributed by atoms with Gasteiger partial charge in [0.2, 0.25) is 5.91 Å². The Hall–Kier alpha value is -3.40. The number of nitrogens with zero attached hydrogens (tertiary/aromatic N) is 1. The van der Waals surface area contributed by atoms with E-state index in [0.29, 0.717) is 16.6 Å². The topological polar surface area (TPSA) is 106 Å². The predicted molar refractivity (Wildman–Crippen MR) is 104 cm³/mol. The normalized spacial score (nSPS) is 12.4. The second-order valence-corrected chi connectivity index (χ2v) is 7.87. The number of ether oxygens (including phenoxy) is 1. The Balaban J connectivity index is 1.76. The van der Waals surface area contributed by atoms with Crippen molar-refractivity contribution in [3.8, 4) is 0 Å². The van der Waals surface area contributed by atoms with Gasteiger partial charge in [0.25, 0.3) is 10.0 Å². The van der Waals surface area contributed by atoms with E-state index in [2.05, 4.69) is 10.1 Å². The summed E-state index contributed by atoms with van der Waals surface area (Å²) in [5.74, 6) is -0.839. The Labute approximate surface area is 166 Å². The second-order valence-electron chi connectivity index (χ2n) is 6.19. The summed E-state index contributed by atoms with van der Waals surface area (Å²) in [6.07, 6.45) is 0.522. The molecule has 3 rings (SSSR count). The lowest BCUT2D eigenvalue weighted by Crippen LogP contribution is -2.30. The predicted octanol–water partition coefficient (Wildman–Crippen LogP) is 3.02. The lowest BCUT2D eigenvalue weighted by molar-refractivity contribution is -0.118. The Morgan fingerprint density at radius 2 is 1.79 bits per heavy atom. The number of benzene rings is 2. The molecule has 2 N–H and O–H groups in total. The number of fused-ring (bicyclic) bond motifs is 1. The van der Waals surface area contributed by atoms with E-state index >= 15 is 0 Å². The van der Waals surface area contributed by atoms with Crippen LogP contribution in [0.3, 0.4) is 0 Å². The van der Waals surface area contributed by atoms with Crippen LogP contribution < -0.4 is 10.0 Å². The van der Waals surface area contributed by atoms with Gasteiger partial charge in [0.15, 0.2) is 0 Å². The number of hydrogen-bond donors (Lipinski definition) is 2. The summed E-state index contributed by atoms with van der Waals surface area (Å²) in [5.41, 5.74) is 0.668. The number of aromatic nitrogens is 1. The summed E-state index contributed by atoms with van der Waals surface area (Å²) >= 11 is 0. The van der Waals surface area contributed by atoms with E-state index in [-0.39, 0.29) is 4.90 Å². The van der Waals surface area contributed by atoms with Gasteiger partial charge >= 0.3 is 6.09 Å². The quantitative estimate of drug-likeness (QED) is 0.661. The summed E-state index contributed by atoms with van der Waals surface area (Å²) in [7, 11) is -3.03. The molecule has 0 fully saturated rings. The lowest BCUT2D eigenvalue weighted by atomic mass is 10.2. The highest BCUT2D eigenvalue weighted by Crippen LogP contribution is 2.24. The first-order valence-corrected chi connectivity index (χ1v) is 9.98. The van der Waals surface area contributed by atoms with Gasteiger partial charge in [0.05, 0.1) is 17.5 Å². The van der Waals surface area contributed by atoms with E-state index in [1.807, 2.05) is 0 Å². The van der Waals surface area contributed by atoms with Crippen LogP contribution in [0, 0.1) is 5.82 Å². The van der Waals surface area contributed by atoms with Gasteiger partial charge in [-0.15, -0.1) is 0 Å². The van der Waals surface area contributed by atoms with E-state index in [1.54, 1.807) is 36.0 Å². The number of methoxy groups -OCH3 is 1. The number of anilines is 1. The zero-order valence-corrected chi connectivity index (χ0v) is 16.4. The number of sulfonamides is 1. The highest BCUT2D eigenvalue weighted by atomic mass is 32.2. The van der Waals surface area contributed by atoms with Crippen molar-refractivity contribution < 1.29 is 27.1 Å². The van der Waals surface area contributed by atoms with E-state index in [4.69, 9.17) is 0 Å². The minimum Gasteiger partial charge on any atom is -0.452 e. The second kappa shape index (κ2) is 7.92. The Morgan fingerprint density at radius 1 is 1.10 bits per heavy atom. The molecule has 3 aromatic rings. The van der Waals surface area contributed by atoms with Gasteiger partial charge in [0.1, 0.15) is 11.9 Å². The first-order valence-electron chi connectivity index (χ1n) is 8.49. The minimum atomic E-state index is -4.08. The molecular formula is C19H18FN3O5S. The molecule has 10 heteroatoms. The fourth-order valence-corrected chi connectivity index (χ4v) is 3.71. The van der Waals surface area contributed by atoms with Crippen LogP contribution in [0.4, 0.5) is 14.9 Å². The van der Waals surface area contributed by atoms with Crippen molar-refractivity contribution in [2.24, 2.45) is 0 Å². The number of carbonyl (C=O) groups is 2. The highest BCUT2D eigenvalue weighted by molar-refractivity contribution is 7.90. The van der Waals surface area contributed by atoms with Crippen LogP contribution in [0.15, 0.2) is 59.6 Å². The zero-order valence-electron chi connectivity index (χ0n) is 15.5. The van der Waals surface area contributed by atoms with Gasteiger partial charge in [0, 0.05) is 17.3 Å². The molecule has 0 radical (unpaired) electrons. The van der Waals surface area contributed by atoms with Crippen molar-refractivity contribution in [3.05, 3.63) is 60.5 Å². The number of carbonyl (C=O) groups excluding carboxylic acids is 2. The van der Waals surface area contributed by atoms with Crippen LogP contribution in [-0.4, -0.2) is 32.1 Å². The molecule has 0 saturated heterocycles. The summed E-state index contributed by atoms with van der Waals surface area (Å²) < 4.78 is 45.7. The van der Waals surface area contributed by atoms with Crippen molar-refractivity contribution in [1.82, 2.24) is 9.29 Å². The van der Waals surface area contributed by atoms with E-state index in [9.17, 15) is 22.4 Å². The average Bonchev–Trinajstić information content (AvgIpc) is 3.13. The van der Waals surface area contributed by atoms with Crippen LogP contribution in [0.2, 0.25) is 0 Å². The molecule has 2 amide bonds. The molecule has 29 heavy (non-hydrogen) atoms. The number of rotatable bonds is 5. The van der Waals surface area contributed by atoms with Gasteiger partial charge in [-0.05, 0) is 43.3 Å². The fourth-order valence-electron chi connectivity index (χ4n) is 2.80. The van der Waals surface area contributed by atoms with Crippen LogP contribution in [0.5, 0.6) is 0 Å². The molecule has 0 saturated carbocycles. The number of hydrogen-bond acceptors (Lipinski definition) is 5. The molecule has 1 atom stereocenters. The molecule has 0 spiro atoms. The van der Waals surface area contributed by atoms with Crippen LogP contribution in [0.25, 0.3) is 10.9 Å². The number of halogens is 1. The Bertz CT molecular complexity index is 1170. The van der Waals surface area contributed by atoms with E-state index in [0.717, 1.165) is 7.11 Å². The fraction of sp³-hybridized carbons (Fsp3) is 0.158. The SMILES string of the molecule is COC(=O)NS(=O)(=O)c1ccc(NC(=O)[C@@H](C)n2ccc3cccc(F)c32)cc1. The third-order valence-corrected chi connectivity index (χ3v) is 5.65. The smallest absolute Gasteiger partial charge is 0.420 e. The summed E-state index contributed by atoms with van der Waals surface area (Å²) in [6.45, 7) is 1.63. The number of nitrogens with one attached hydrogen (secondary N) is 2. The third kappa shape index (κ3) is 4.21. The molecule has 2 aromatic carbocycles. The van der Waals surface area contributed by atoms with Crippen molar-refractivity contribution in [2.45, 2.75) is 17.9 Å². The van der Waals surface area contributed by atoms with Crippen molar-refractivity contribution in [1.29, 1.82) is 0 Å². The molecule has 0 aliphatic heterocycles. The highest BCUT2D eigenvalue weighted by Gasteiger charge is 2.20.